The third-order valence-corrected chi connectivity index (χ3v) is 4.92. The highest BCUT2D eigenvalue weighted by atomic mass is 16.1. The number of rotatable bonds is 4. The highest BCUT2D eigenvalue weighted by Gasteiger charge is 2.45. The van der Waals surface area contributed by atoms with Crippen molar-refractivity contribution < 1.29 is 4.79 Å². The first kappa shape index (κ1) is 15.0. The number of H-pyrrole nitrogens is 1. The van der Waals surface area contributed by atoms with Gasteiger partial charge in [-0.05, 0) is 54.5 Å². The highest BCUT2D eigenvalue weighted by molar-refractivity contribution is 6.00. The van der Waals surface area contributed by atoms with Crippen LogP contribution in [0, 0.1) is 6.92 Å². The summed E-state index contributed by atoms with van der Waals surface area (Å²) in [5.41, 5.74) is 10.3. The second kappa shape index (κ2) is 5.49. The molecule has 4 rings (SSSR count). The number of aromatic nitrogens is 1. The van der Waals surface area contributed by atoms with E-state index in [4.69, 9.17) is 5.73 Å². The van der Waals surface area contributed by atoms with E-state index in [2.05, 4.69) is 22.4 Å². The smallest absolute Gasteiger partial charge is 0.252 e. The van der Waals surface area contributed by atoms with Crippen LogP contribution in [0.3, 0.4) is 0 Å². The van der Waals surface area contributed by atoms with Gasteiger partial charge in [0.1, 0.15) is 0 Å². The first-order valence-electron chi connectivity index (χ1n) is 8.32. The number of aryl methyl sites for hydroxylation is 1. The van der Waals surface area contributed by atoms with E-state index in [9.17, 15) is 4.79 Å². The molecule has 1 saturated carbocycles. The van der Waals surface area contributed by atoms with Crippen LogP contribution in [0.4, 0.5) is 0 Å². The van der Waals surface area contributed by atoms with E-state index in [0.29, 0.717) is 6.54 Å². The number of benzene rings is 2. The fourth-order valence-corrected chi connectivity index (χ4v) is 3.36. The summed E-state index contributed by atoms with van der Waals surface area (Å²) in [6.45, 7) is 2.44. The Kier molecular flexibility index (Phi) is 3.43. The van der Waals surface area contributed by atoms with Crippen molar-refractivity contribution in [3.05, 3.63) is 70.9 Å². The molecule has 24 heavy (non-hydrogen) atoms. The Labute approximate surface area is 141 Å². The van der Waals surface area contributed by atoms with Crippen LogP contribution in [-0.2, 0) is 12.1 Å². The molecule has 1 fully saturated rings. The van der Waals surface area contributed by atoms with Crippen molar-refractivity contribution in [2.24, 2.45) is 5.73 Å². The predicted octanol–water partition coefficient (Wildman–Crippen LogP) is 3.35. The van der Waals surface area contributed by atoms with Crippen molar-refractivity contribution >= 4 is 16.8 Å². The molecule has 0 atom stereocenters. The minimum absolute atomic E-state index is 0.0142. The van der Waals surface area contributed by atoms with Crippen molar-refractivity contribution in [1.29, 1.82) is 0 Å². The molecule has 1 aromatic heterocycles. The van der Waals surface area contributed by atoms with Gasteiger partial charge in [0.05, 0.1) is 5.54 Å². The summed E-state index contributed by atoms with van der Waals surface area (Å²) in [6, 6.07) is 16.2. The monoisotopic (exact) mass is 319 g/mol. The molecular weight excluding hydrogens is 298 g/mol. The Morgan fingerprint density at radius 3 is 2.62 bits per heavy atom. The number of hydrogen-bond donors (Lipinski definition) is 3. The molecule has 1 aliphatic rings. The number of nitrogens with two attached hydrogens (primary N) is 1. The molecule has 122 valence electrons. The molecule has 3 aromatic rings. The average Bonchev–Trinajstić information content (AvgIpc) is 3.26. The normalized spacial score (nSPS) is 15.4. The van der Waals surface area contributed by atoms with Gasteiger partial charge in [-0.3, -0.25) is 4.79 Å². The number of carbonyl (C=O) groups excluding carboxylic acids is 1. The van der Waals surface area contributed by atoms with Gasteiger partial charge in [0.15, 0.2) is 0 Å². The number of nitrogens with one attached hydrogen (secondary N) is 2. The molecule has 1 aliphatic carbocycles. The van der Waals surface area contributed by atoms with E-state index < -0.39 is 0 Å². The van der Waals surface area contributed by atoms with Crippen LogP contribution in [0.25, 0.3) is 10.9 Å². The van der Waals surface area contributed by atoms with Crippen LogP contribution in [0.5, 0.6) is 0 Å². The van der Waals surface area contributed by atoms with Gasteiger partial charge in [-0.1, -0.05) is 30.3 Å². The van der Waals surface area contributed by atoms with E-state index in [1.807, 2.05) is 43.3 Å². The minimum Gasteiger partial charge on any atom is -0.357 e. The molecule has 4 heteroatoms. The molecule has 0 saturated heterocycles. The quantitative estimate of drug-likeness (QED) is 0.690. The maximum atomic E-state index is 12.9. The number of aromatic amines is 1. The topological polar surface area (TPSA) is 70.9 Å². The molecule has 0 unspecified atom stereocenters. The fraction of sp³-hybridized carbons (Fsp3) is 0.250. The van der Waals surface area contributed by atoms with Gasteiger partial charge in [0, 0.05) is 23.3 Å². The Morgan fingerprint density at radius 1 is 1.21 bits per heavy atom. The summed E-state index contributed by atoms with van der Waals surface area (Å²) in [6.07, 6.45) is 1.98. The van der Waals surface area contributed by atoms with Crippen molar-refractivity contribution in [3.63, 3.8) is 0 Å². The van der Waals surface area contributed by atoms with Gasteiger partial charge < -0.3 is 16.0 Å². The minimum atomic E-state index is -0.197. The van der Waals surface area contributed by atoms with E-state index in [1.54, 1.807) is 0 Å². The van der Waals surface area contributed by atoms with E-state index in [-0.39, 0.29) is 11.4 Å². The second-order valence-corrected chi connectivity index (χ2v) is 6.66. The summed E-state index contributed by atoms with van der Waals surface area (Å²) >= 11 is 0. The number of carbonyl (C=O) groups is 1. The molecular formula is C20H21N3O. The van der Waals surface area contributed by atoms with Crippen molar-refractivity contribution in [2.45, 2.75) is 31.8 Å². The summed E-state index contributed by atoms with van der Waals surface area (Å²) in [5, 5.41) is 4.34. The van der Waals surface area contributed by atoms with Crippen LogP contribution in [0.15, 0.2) is 48.5 Å². The third kappa shape index (κ3) is 2.49. The number of amides is 1. The summed E-state index contributed by atoms with van der Waals surface area (Å²) in [7, 11) is 0. The molecule has 1 amide bonds. The third-order valence-electron chi connectivity index (χ3n) is 4.92. The molecule has 4 nitrogen and oxygen atoms in total. The average molecular weight is 319 g/mol. The molecule has 0 bridgehead atoms. The van der Waals surface area contributed by atoms with Crippen molar-refractivity contribution in [2.75, 3.05) is 0 Å². The molecule has 0 spiro atoms. The maximum absolute atomic E-state index is 12.9. The lowest BCUT2D eigenvalue weighted by atomic mass is 10.0. The molecule has 0 radical (unpaired) electrons. The predicted molar refractivity (Wildman–Crippen MR) is 95.7 cm³/mol. The first-order valence-corrected chi connectivity index (χ1v) is 8.32. The lowest BCUT2D eigenvalue weighted by Gasteiger charge is -2.19. The lowest BCUT2D eigenvalue weighted by molar-refractivity contribution is 0.0930. The number of fused-ring (bicyclic) bond motifs is 1. The Morgan fingerprint density at radius 2 is 1.96 bits per heavy atom. The summed E-state index contributed by atoms with van der Waals surface area (Å²) in [4.78, 5) is 16.1. The Hall–Kier alpha value is -2.59. The van der Waals surface area contributed by atoms with Crippen LogP contribution in [0.2, 0.25) is 0 Å². The van der Waals surface area contributed by atoms with E-state index >= 15 is 0 Å². The van der Waals surface area contributed by atoms with Gasteiger partial charge in [-0.2, -0.15) is 0 Å². The van der Waals surface area contributed by atoms with Gasteiger partial charge in [0.25, 0.3) is 5.91 Å². The summed E-state index contributed by atoms with van der Waals surface area (Å²) in [5.74, 6) is -0.0142. The second-order valence-electron chi connectivity index (χ2n) is 6.66. The van der Waals surface area contributed by atoms with Gasteiger partial charge in [0.2, 0.25) is 0 Å². The van der Waals surface area contributed by atoms with Crippen molar-refractivity contribution in [1.82, 2.24) is 10.3 Å². The highest BCUT2D eigenvalue weighted by Crippen LogP contribution is 2.45. The number of hydrogen-bond acceptors (Lipinski definition) is 2. The van der Waals surface area contributed by atoms with Crippen LogP contribution < -0.4 is 11.1 Å². The Bertz CT molecular complexity index is 907. The van der Waals surface area contributed by atoms with Gasteiger partial charge in [-0.25, -0.2) is 0 Å². The zero-order valence-electron chi connectivity index (χ0n) is 13.7. The first-order chi connectivity index (χ1) is 11.6. The van der Waals surface area contributed by atoms with Crippen LogP contribution in [-0.4, -0.2) is 10.9 Å². The van der Waals surface area contributed by atoms with Crippen molar-refractivity contribution in [3.8, 4) is 0 Å². The van der Waals surface area contributed by atoms with Crippen LogP contribution >= 0.6 is 0 Å². The molecule has 4 N–H and O–H groups in total. The van der Waals surface area contributed by atoms with Crippen LogP contribution in [0.1, 0.15) is 40.0 Å². The largest absolute Gasteiger partial charge is 0.357 e. The standard InChI is InChI=1S/C20H21N3O/c1-13-9-14-10-16(12-21)22-18(14)11-17(13)19(24)23-20(7-8-20)15-5-3-2-4-6-15/h2-6,9-11,22H,7-8,12,21H2,1H3,(H,23,24). The SMILES string of the molecule is Cc1cc2cc(CN)[nH]c2cc1C(=O)NC1(c2ccccc2)CC1. The molecule has 1 heterocycles. The van der Waals surface area contributed by atoms with Gasteiger partial charge in [-0.15, -0.1) is 0 Å². The molecule has 2 aromatic carbocycles. The zero-order chi connectivity index (χ0) is 16.7. The molecule has 0 aliphatic heterocycles. The van der Waals surface area contributed by atoms with Gasteiger partial charge >= 0.3 is 0 Å². The summed E-state index contributed by atoms with van der Waals surface area (Å²) < 4.78 is 0. The Balaban J connectivity index is 1.65. The lowest BCUT2D eigenvalue weighted by Crippen LogP contribution is -2.35. The maximum Gasteiger partial charge on any atom is 0.252 e. The van der Waals surface area contributed by atoms with E-state index in [0.717, 1.165) is 40.6 Å². The fourth-order valence-electron chi connectivity index (χ4n) is 3.36. The zero-order valence-corrected chi connectivity index (χ0v) is 13.7. The van der Waals surface area contributed by atoms with E-state index in [1.165, 1.54) is 5.56 Å².